The number of nitrogens with one attached hydrogen (secondary N) is 2. The fourth-order valence-corrected chi connectivity index (χ4v) is 1.54. The fourth-order valence-electron chi connectivity index (χ4n) is 1.54. The summed E-state index contributed by atoms with van der Waals surface area (Å²) in [6, 6.07) is 4.69. The number of carbonyl (C=O) groups is 1. The van der Waals surface area contributed by atoms with Gasteiger partial charge in [-0.25, -0.2) is 9.18 Å². The highest BCUT2D eigenvalue weighted by Crippen LogP contribution is 2.15. The zero-order valence-electron chi connectivity index (χ0n) is 12.6. The van der Waals surface area contributed by atoms with Crippen molar-refractivity contribution in [1.29, 1.82) is 0 Å². The molecule has 6 heteroatoms. The molecule has 0 aliphatic carbocycles. The molecule has 21 heavy (non-hydrogen) atoms. The predicted octanol–water partition coefficient (Wildman–Crippen LogP) is 3.04. The molecule has 0 aliphatic rings. The van der Waals surface area contributed by atoms with Crippen LogP contribution in [0.4, 0.5) is 14.9 Å². The number of rotatable bonds is 5. The summed E-state index contributed by atoms with van der Waals surface area (Å²) in [6.07, 6.45) is 3.81. The lowest BCUT2D eigenvalue weighted by Gasteiger charge is -2.19. The lowest BCUT2D eigenvalue weighted by molar-refractivity contribution is 0.0529. The molecule has 1 aromatic rings. The second-order valence-electron chi connectivity index (χ2n) is 5.50. The van der Waals surface area contributed by atoms with E-state index in [-0.39, 0.29) is 5.69 Å². The van der Waals surface area contributed by atoms with E-state index in [9.17, 15) is 9.18 Å². The Balaban J connectivity index is 2.35. The van der Waals surface area contributed by atoms with Crippen LogP contribution < -0.4 is 16.6 Å². The maximum Gasteiger partial charge on any atom is 0.407 e. The van der Waals surface area contributed by atoms with E-state index in [1.165, 1.54) is 6.07 Å². The summed E-state index contributed by atoms with van der Waals surface area (Å²) in [4.78, 5) is 11.4. The Morgan fingerprint density at radius 2 is 2.14 bits per heavy atom. The van der Waals surface area contributed by atoms with Crippen LogP contribution in [0.25, 0.3) is 6.08 Å². The summed E-state index contributed by atoms with van der Waals surface area (Å²) >= 11 is 0. The van der Waals surface area contributed by atoms with Gasteiger partial charge >= 0.3 is 6.09 Å². The maximum absolute atomic E-state index is 13.4. The molecular weight excluding hydrogens is 273 g/mol. The van der Waals surface area contributed by atoms with Crippen molar-refractivity contribution in [3.63, 3.8) is 0 Å². The van der Waals surface area contributed by atoms with E-state index in [0.29, 0.717) is 13.0 Å². The van der Waals surface area contributed by atoms with Gasteiger partial charge in [-0.3, -0.25) is 5.84 Å². The Hall–Kier alpha value is -2.08. The molecule has 0 unspecified atom stereocenters. The first-order valence-electron chi connectivity index (χ1n) is 6.71. The number of anilines is 1. The molecule has 0 saturated heterocycles. The monoisotopic (exact) mass is 295 g/mol. The largest absolute Gasteiger partial charge is 0.444 e. The molecule has 4 N–H and O–H groups in total. The van der Waals surface area contributed by atoms with Crippen molar-refractivity contribution in [1.82, 2.24) is 5.32 Å². The van der Waals surface area contributed by atoms with Gasteiger partial charge in [-0.2, -0.15) is 0 Å². The van der Waals surface area contributed by atoms with Crippen LogP contribution in [0.3, 0.4) is 0 Å². The minimum Gasteiger partial charge on any atom is -0.444 e. The van der Waals surface area contributed by atoms with Gasteiger partial charge in [-0.05, 0) is 44.9 Å². The van der Waals surface area contributed by atoms with Gasteiger partial charge in [-0.1, -0.05) is 18.2 Å². The number of carbonyl (C=O) groups excluding carboxylic acids is 1. The molecule has 116 valence electrons. The molecule has 0 aromatic heterocycles. The molecule has 0 aliphatic heterocycles. The van der Waals surface area contributed by atoms with E-state index in [1.807, 2.05) is 6.08 Å². The standard InChI is InChI=1S/C15H22FN3O2/c1-15(2,3)21-14(20)18-9-5-4-6-11-7-8-13(19-17)12(16)10-11/h4,6-8,10,19H,5,9,17H2,1-3H3,(H,18,20). The van der Waals surface area contributed by atoms with E-state index >= 15 is 0 Å². The van der Waals surface area contributed by atoms with Crippen molar-refractivity contribution in [2.45, 2.75) is 32.8 Å². The van der Waals surface area contributed by atoms with Gasteiger partial charge in [0.25, 0.3) is 0 Å². The van der Waals surface area contributed by atoms with Crippen LogP contribution in [0.2, 0.25) is 0 Å². The van der Waals surface area contributed by atoms with Crippen molar-refractivity contribution in [2.75, 3.05) is 12.0 Å². The predicted molar refractivity (Wildman–Crippen MR) is 82.1 cm³/mol. The van der Waals surface area contributed by atoms with Crippen LogP contribution in [0.1, 0.15) is 32.8 Å². The molecular formula is C15H22FN3O2. The lowest BCUT2D eigenvalue weighted by Crippen LogP contribution is -2.32. The summed E-state index contributed by atoms with van der Waals surface area (Å²) in [6.45, 7) is 5.87. The maximum atomic E-state index is 13.4. The molecule has 1 aromatic carbocycles. The fraction of sp³-hybridized carbons (Fsp3) is 0.400. The highest BCUT2D eigenvalue weighted by molar-refractivity contribution is 5.67. The minimum atomic E-state index is -0.504. The minimum absolute atomic E-state index is 0.249. The Kier molecular flexibility index (Phi) is 6.17. The van der Waals surface area contributed by atoms with Gasteiger partial charge in [0.2, 0.25) is 0 Å². The molecule has 1 rings (SSSR count). The molecule has 0 radical (unpaired) electrons. The molecule has 0 heterocycles. The smallest absolute Gasteiger partial charge is 0.407 e. The molecule has 0 fully saturated rings. The van der Waals surface area contributed by atoms with Crippen LogP contribution in [0.15, 0.2) is 24.3 Å². The van der Waals surface area contributed by atoms with Crippen LogP contribution in [0.5, 0.6) is 0 Å². The van der Waals surface area contributed by atoms with Gasteiger partial charge in [0.1, 0.15) is 11.4 Å². The third kappa shape index (κ3) is 6.76. The number of alkyl carbamates (subject to hydrolysis) is 1. The average molecular weight is 295 g/mol. The second-order valence-corrected chi connectivity index (χ2v) is 5.50. The van der Waals surface area contributed by atoms with E-state index in [4.69, 9.17) is 10.6 Å². The number of ether oxygens (including phenoxy) is 1. The van der Waals surface area contributed by atoms with Crippen molar-refractivity contribution in [3.05, 3.63) is 35.7 Å². The second kappa shape index (κ2) is 7.64. The molecule has 0 spiro atoms. The first kappa shape index (κ1) is 17.0. The third-order valence-electron chi connectivity index (χ3n) is 2.44. The quantitative estimate of drug-likeness (QED) is 0.443. The normalized spacial score (nSPS) is 11.5. The Bertz CT molecular complexity index is 510. The average Bonchev–Trinajstić information content (AvgIpc) is 2.36. The number of nitrogens with two attached hydrogens (primary N) is 1. The summed E-state index contributed by atoms with van der Waals surface area (Å²) in [5.41, 5.74) is 2.74. The van der Waals surface area contributed by atoms with Crippen molar-refractivity contribution < 1.29 is 13.9 Å². The van der Waals surface area contributed by atoms with Crippen LogP contribution >= 0.6 is 0 Å². The summed E-state index contributed by atoms with van der Waals surface area (Å²) in [7, 11) is 0. The van der Waals surface area contributed by atoms with Crippen molar-refractivity contribution in [3.8, 4) is 0 Å². The Labute approximate surface area is 124 Å². The van der Waals surface area contributed by atoms with E-state index in [0.717, 1.165) is 5.56 Å². The Morgan fingerprint density at radius 3 is 2.71 bits per heavy atom. The van der Waals surface area contributed by atoms with E-state index in [1.54, 1.807) is 39.0 Å². The molecule has 1 amide bonds. The molecule has 0 bridgehead atoms. The number of hydrazine groups is 1. The topological polar surface area (TPSA) is 76.4 Å². The summed E-state index contributed by atoms with van der Waals surface area (Å²) < 4.78 is 18.5. The SMILES string of the molecule is CC(C)(C)OC(=O)NCCC=Cc1ccc(NN)c(F)c1. The zero-order chi connectivity index (χ0) is 15.9. The number of nitrogen functional groups attached to an aromatic ring is 1. The number of halogens is 1. The van der Waals surface area contributed by atoms with Crippen molar-refractivity contribution >= 4 is 17.9 Å². The van der Waals surface area contributed by atoms with Crippen LogP contribution in [-0.4, -0.2) is 18.2 Å². The molecule has 0 saturated carbocycles. The van der Waals surface area contributed by atoms with E-state index < -0.39 is 17.5 Å². The highest BCUT2D eigenvalue weighted by atomic mass is 19.1. The molecule has 0 atom stereocenters. The lowest BCUT2D eigenvalue weighted by atomic mass is 10.1. The molecule has 5 nitrogen and oxygen atoms in total. The summed E-state index contributed by atoms with van der Waals surface area (Å²) in [5, 5.41) is 2.64. The summed E-state index contributed by atoms with van der Waals surface area (Å²) in [5.74, 6) is 4.74. The van der Waals surface area contributed by atoms with E-state index in [2.05, 4.69) is 10.7 Å². The highest BCUT2D eigenvalue weighted by Gasteiger charge is 2.15. The van der Waals surface area contributed by atoms with Gasteiger partial charge in [0.15, 0.2) is 0 Å². The van der Waals surface area contributed by atoms with Gasteiger partial charge < -0.3 is 15.5 Å². The van der Waals surface area contributed by atoms with Gasteiger partial charge in [0.05, 0.1) is 5.69 Å². The Morgan fingerprint density at radius 1 is 1.43 bits per heavy atom. The number of amides is 1. The van der Waals surface area contributed by atoms with Crippen LogP contribution in [-0.2, 0) is 4.74 Å². The number of hydrogen-bond acceptors (Lipinski definition) is 4. The zero-order valence-corrected chi connectivity index (χ0v) is 12.6. The third-order valence-corrected chi connectivity index (χ3v) is 2.44. The number of hydrogen-bond donors (Lipinski definition) is 3. The van der Waals surface area contributed by atoms with Gasteiger partial charge in [0, 0.05) is 6.54 Å². The van der Waals surface area contributed by atoms with Crippen LogP contribution in [0, 0.1) is 5.82 Å². The first-order valence-corrected chi connectivity index (χ1v) is 6.71. The van der Waals surface area contributed by atoms with Gasteiger partial charge in [-0.15, -0.1) is 0 Å². The number of benzene rings is 1. The van der Waals surface area contributed by atoms with Crippen molar-refractivity contribution in [2.24, 2.45) is 5.84 Å². The first-order chi connectivity index (χ1) is 9.81.